The summed E-state index contributed by atoms with van der Waals surface area (Å²) in [6.07, 6.45) is -0.0816. The van der Waals surface area contributed by atoms with Crippen molar-refractivity contribution in [3.05, 3.63) is 17.7 Å². The number of ether oxygens (including phenoxy) is 2. The minimum Gasteiger partial charge on any atom is -0.496 e. The van der Waals surface area contributed by atoms with Crippen molar-refractivity contribution in [2.24, 2.45) is 0 Å². The zero-order chi connectivity index (χ0) is 14.4. The zero-order valence-electron chi connectivity index (χ0n) is 11.7. The maximum absolute atomic E-state index is 11.5. The summed E-state index contributed by atoms with van der Waals surface area (Å²) < 4.78 is 10.6. The molecule has 0 saturated carbocycles. The maximum atomic E-state index is 11.5. The average molecular weight is 262 g/mol. The molecule has 0 N–H and O–H groups in total. The number of nitrogens with zero attached hydrogens (tertiary/aromatic N) is 2. The minimum atomic E-state index is -0.125. The Morgan fingerprint density at radius 2 is 2.05 bits per heavy atom. The molecule has 102 valence electrons. The molecule has 0 radical (unpaired) electrons. The molecule has 0 atom stereocenters. The molecule has 0 heterocycles. The number of rotatable bonds is 6. The van der Waals surface area contributed by atoms with Crippen LogP contribution >= 0.6 is 0 Å². The van der Waals surface area contributed by atoms with E-state index in [1.54, 1.807) is 26.2 Å². The van der Waals surface area contributed by atoms with Crippen molar-refractivity contribution in [2.45, 2.75) is 13.3 Å². The molecule has 0 spiro atoms. The lowest BCUT2D eigenvalue weighted by molar-refractivity contribution is -0.116. The van der Waals surface area contributed by atoms with Gasteiger partial charge in [0, 0.05) is 12.6 Å². The van der Waals surface area contributed by atoms with Crippen LogP contribution in [0, 0.1) is 18.3 Å². The van der Waals surface area contributed by atoms with E-state index in [9.17, 15) is 4.79 Å². The largest absolute Gasteiger partial charge is 0.496 e. The molecule has 0 aliphatic heterocycles. The van der Waals surface area contributed by atoms with E-state index in [0.29, 0.717) is 5.75 Å². The summed E-state index contributed by atoms with van der Waals surface area (Å²) in [7, 11) is 4.97. The predicted octanol–water partition coefficient (Wildman–Crippen LogP) is 1.93. The highest BCUT2D eigenvalue weighted by Crippen LogP contribution is 2.36. The van der Waals surface area contributed by atoms with Crippen LogP contribution in [-0.4, -0.2) is 33.6 Å². The van der Waals surface area contributed by atoms with Crippen LogP contribution < -0.4 is 14.4 Å². The molecular weight excluding hydrogens is 244 g/mol. The van der Waals surface area contributed by atoms with E-state index < -0.39 is 0 Å². The van der Waals surface area contributed by atoms with Gasteiger partial charge in [-0.05, 0) is 19.1 Å². The molecule has 5 heteroatoms. The molecule has 0 aliphatic rings. The number of hydrogen-bond acceptors (Lipinski definition) is 5. The van der Waals surface area contributed by atoms with Gasteiger partial charge in [0.15, 0.2) is 5.78 Å². The second-order valence-electron chi connectivity index (χ2n) is 4.17. The summed E-state index contributed by atoms with van der Waals surface area (Å²) in [5.74, 6) is 1.28. The monoisotopic (exact) mass is 262 g/mol. The highest BCUT2D eigenvalue weighted by atomic mass is 16.5. The summed E-state index contributed by atoms with van der Waals surface area (Å²) in [5.41, 5.74) is 1.68. The predicted molar refractivity (Wildman–Crippen MR) is 72.8 cm³/mol. The molecule has 0 aromatic heterocycles. The number of nitriles is 1. The molecule has 0 bridgehead atoms. The Bertz CT molecular complexity index is 506. The van der Waals surface area contributed by atoms with Gasteiger partial charge in [0.2, 0.25) is 0 Å². The van der Waals surface area contributed by atoms with Crippen molar-refractivity contribution >= 4 is 11.5 Å². The molecular formula is C14H18N2O3. The van der Waals surface area contributed by atoms with Crippen LogP contribution in [0.3, 0.4) is 0 Å². The van der Waals surface area contributed by atoms with Gasteiger partial charge in [0.25, 0.3) is 0 Å². The first-order valence-corrected chi connectivity index (χ1v) is 5.86. The quantitative estimate of drug-likeness (QED) is 0.784. The lowest BCUT2D eigenvalue weighted by Gasteiger charge is -2.22. The van der Waals surface area contributed by atoms with Gasteiger partial charge < -0.3 is 14.4 Å². The Morgan fingerprint density at radius 1 is 1.37 bits per heavy atom. The summed E-state index contributed by atoms with van der Waals surface area (Å²) >= 11 is 0. The lowest BCUT2D eigenvalue weighted by Crippen LogP contribution is -2.25. The van der Waals surface area contributed by atoms with Crippen molar-refractivity contribution in [1.29, 1.82) is 5.26 Å². The summed E-state index contributed by atoms with van der Waals surface area (Å²) in [4.78, 5) is 13.3. The van der Waals surface area contributed by atoms with Gasteiger partial charge in [-0.1, -0.05) is 0 Å². The lowest BCUT2D eigenvalue weighted by atomic mass is 10.1. The van der Waals surface area contributed by atoms with Crippen LogP contribution in [0.5, 0.6) is 11.5 Å². The Hall–Kier alpha value is -2.22. The molecule has 0 saturated heterocycles. The number of anilines is 1. The highest BCUT2D eigenvalue weighted by Gasteiger charge is 2.16. The standard InChI is InChI=1S/C14H18N2O3/c1-10-13(18-3)6-5-12(14(10)19-4)16(2)9-11(17)7-8-15/h5-6H,7,9H2,1-4H3. The molecule has 5 nitrogen and oxygen atoms in total. The van der Waals surface area contributed by atoms with Crippen molar-refractivity contribution in [3.63, 3.8) is 0 Å². The number of carbonyl (C=O) groups is 1. The Kier molecular flexibility index (Phi) is 5.19. The van der Waals surface area contributed by atoms with Gasteiger partial charge in [0.05, 0.1) is 38.9 Å². The second kappa shape index (κ2) is 6.64. The third kappa shape index (κ3) is 3.38. The average Bonchev–Trinajstić information content (AvgIpc) is 2.38. The van der Waals surface area contributed by atoms with Gasteiger partial charge in [-0.3, -0.25) is 4.79 Å². The number of methoxy groups -OCH3 is 2. The molecule has 0 aliphatic carbocycles. The number of likely N-dealkylation sites (N-methyl/N-ethyl adjacent to an activating group) is 1. The van der Waals surface area contributed by atoms with E-state index in [-0.39, 0.29) is 18.7 Å². The third-order valence-corrected chi connectivity index (χ3v) is 2.86. The van der Waals surface area contributed by atoms with Gasteiger partial charge in [-0.25, -0.2) is 0 Å². The Morgan fingerprint density at radius 3 is 2.58 bits per heavy atom. The number of benzene rings is 1. The van der Waals surface area contributed by atoms with Crippen molar-refractivity contribution in [2.75, 3.05) is 32.7 Å². The third-order valence-electron chi connectivity index (χ3n) is 2.86. The topological polar surface area (TPSA) is 62.6 Å². The van der Waals surface area contributed by atoms with Gasteiger partial charge in [0.1, 0.15) is 11.5 Å². The summed E-state index contributed by atoms with van der Waals surface area (Å²) in [6, 6.07) is 5.52. The molecule has 1 aromatic carbocycles. The minimum absolute atomic E-state index is 0.0816. The first-order valence-electron chi connectivity index (χ1n) is 5.86. The maximum Gasteiger partial charge on any atom is 0.166 e. The van der Waals surface area contributed by atoms with E-state index in [1.807, 2.05) is 25.1 Å². The number of ketones is 1. The fraction of sp³-hybridized carbons (Fsp3) is 0.429. The first-order chi connectivity index (χ1) is 9.04. The summed E-state index contributed by atoms with van der Waals surface area (Å²) in [6.45, 7) is 2.07. The van der Waals surface area contributed by atoms with Crippen molar-refractivity contribution < 1.29 is 14.3 Å². The molecule has 0 amide bonds. The molecule has 1 rings (SSSR count). The van der Waals surface area contributed by atoms with Crippen molar-refractivity contribution in [3.8, 4) is 17.6 Å². The fourth-order valence-corrected chi connectivity index (χ4v) is 1.93. The van der Waals surface area contributed by atoms with Gasteiger partial charge in [-0.2, -0.15) is 5.26 Å². The normalized spacial score (nSPS) is 9.63. The number of Topliss-reactive ketones (excluding diaryl/α,β-unsaturated/α-hetero) is 1. The number of carbonyl (C=O) groups excluding carboxylic acids is 1. The van der Waals surface area contributed by atoms with E-state index in [4.69, 9.17) is 14.7 Å². The fourth-order valence-electron chi connectivity index (χ4n) is 1.93. The van der Waals surface area contributed by atoms with Crippen LogP contribution in [0.4, 0.5) is 5.69 Å². The zero-order valence-corrected chi connectivity index (χ0v) is 11.7. The SMILES string of the molecule is COc1ccc(N(C)CC(=O)CC#N)c(OC)c1C. The van der Waals surface area contributed by atoms with Gasteiger partial charge >= 0.3 is 0 Å². The molecule has 0 fully saturated rings. The van der Waals surface area contributed by atoms with E-state index >= 15 is 0 Å². The second-order valence-corrected chi connectivity index (χ2v) is 4.17. The van der Waals surface area contributed by atoms with Crippen LogP contribution in [0.25, 0.3) is 0 Å². The van der Waals surface area contributed by atoms with Crippen LogP contribution in [0.15, 0.2) is 12.1 Å². The highest BCUT2D eigenvalue weighted by molar-refractivity contribution is 5.85. The van der Waals surface area contributed by atoms with Crippen molar-refractivity contribution in [1.82, 2.24) is 0 Å². The summed E-state index contributed by atoms with van der Waals surface area (Å²) in [5, 5.41) is 8.50. The Balaban J connectivity index is 3.03. The Labute approximate surface area is 113 Å². The van der Waals surface area contributed by atoms with E-state index in [2.05, 4.69) is 0 Å². The first kappa shape index (κ1) is 14.8. The molecule has 1 aromatic rings. The van der Waals surface area contributed by atoms with E-state index in [1.165, 1.54) is 0 Å². The van der Waals surface area contributed by atoms with Gasteiger partial charge in [-0.15, -0.1) is 0 Å². The molecule has 0 unspecified atom stereocenters. The van der Waals surface area contributed by atoms with Crippen LogP contribution in [-0.2, 0) is 4.79 Å². The van der Waals surface area contributed by atoms with Crippen LogP contribution in [0.2, 0.25) is 0 Å². The molecule has 19 heavy (non-hydrogen) atoms. The smallest absolute Gasteiger partial charge is 0.166 e. The van der Waals surface area contributed by atoms with E-state index in [0.717, 1.165) is 17.0 Å². The number of hydrogen-bond donors (Lipinski definition) is 0. The van der Waals surface area contributed by atoms with Crippen LogP contribution in [0.1, 0.15) is 12.0 Å².